The van der Waals surface area contributed by atoms with Crippen LogP contribution in [0, 0.1) is 18.8 Å². The zero-order valence-corrected chi connectivity index (χ0v) is 13.2. The van der Waals surface area contributed by atoms with Crippen LogP contribution in [-0.4, -0.2) is 45.7 Å². The van der Waals surface area contributed by atoms with Crippen LogP contribution in [0.1, 0.15) is 17.6 Å². The van der Waals surface area contributed by atoms with Crippen molar-refractivity contribution in [3.8, 4) is 0 Å². The maximum atomic E-state index is 11.9. The van der Waals surface area contributed by atoms with E-state index in [0.29, 0.717) is 18.8 Å². The van der Waals surface area contributed by atoms with E-state index in [1.807, 2.05) is 12.3 Å². The van der Waals surface area contributed by atoms with E-state index >= 15 is 0 Å². The Labute approximate surface area is 126 Å². The molecule has 1 unspecified atom stereocenters. The van der Waals surface area contributed by atoms with Gasteiger partial charge in [0.15, 0.2) is 0 Å². The van der Waals surface area contributed by atoms with Crippen molar-refractivity contribution in [1.82, 2.24) is 9.88 Å². The number of thioether (sulfide) groups is 1. The normalized spacial score (nSPS) is 16.8. The molecule has 1 aliphatic heterocycles. The first-order valence-corrected chi connectivity index (χ1v) is 8.50. The Morgan fingerprint density at radius 3 is 2.85 bits per heavy atom. The van der Waals surface area contributed by atoms with E-state index in [4.69, 9.17) is 5.11 Å². The quantitative estimate of drug-likeness (QED) is 0.868. The summed E-state index contributed by atoms with van der Waals surface area (Å²) < 4.78 is 0. The van der Waals surface area contributed by atoms with Crippen molar-refractivity contribution in [2.24, 2.45) is 11.8 Å². The van der Waals surface area contributed by atoms with E-state index in [9.17, 15) is 9.59 Å². The summed E-state index contributed by atoms with van der Waals surface area (Å²) in [5.74, 6) is 0.224. The maximum absolute atomic E-state index is 11.9. The van der Waals surface area contributed by atoms with Gasteiger partial charge in [0.25, 0.3) is 0 Å². The first-order chi connectivity index (χ1) is 9.47. The third-order valence-corrected chi connectivity index (χ3v) is 5.27. The number of carbonyl (C=O) groups excluding carboxylic acids is 1. The first-order valence-electron chi connectivity index (χ1n) is 6.46. The number of rotatable bonds is 6. The highest BCUT2D eigenvalue weighted by atomic mass is 32.2. The summed E-state index contributed by atoms with van der Waals surface area (Å²) in [5, 5.41) is 12.0. The van der Waals surface area contributed by atoms with Crippen LogP contribution in [0.25, 0.3) is 0 Å². The monoisotopic (exact) mass is 314 g/mol. The van der Waals surface area contributed by atoms with Crippen molar-refractivity contribution in [2.75, 3.05) is 18.8 Å². The Hall–Kier alpha value is -1.08. The predicted molar refractivity (Wildman–Crippen MR) is 79.9 cm³/mol. The second-order valence-electron chi connectivity index (χ2n) is 5.04. The van der Waals surface area contributed by atoms with Crippen LogP contribution in [0.2, 0.25) is 0 Å². The molecular weight excluding hydrogens is 296 g/mol. The second kappa shape index (κ2) is 6.58. The Morgan fingerprint density at radius 1 is 1.60 bits per heavy atom. The maximum Gasteiger partial charge on any atom is 0.306 e. The molecule has 0 spiro atoms. The lowest BCUT2D eigenvalue weighted by Crippen LogP contribution is -2.54. The van der Waals surface area contributed by atoms with Gasteiger partial charge in [-0.15, -0.1) is 23.1 Å². The van der Waals surface area contributed by atoms with Gasteiger partial charge in [-0.1, -0.05) is 6.92 Å². The standard InChI is InChI=1S/C13H18N2O3S2/c1-8(13(17)18)10-3-15(4-10)12(16)7-19-5-11-6-20-9(2)14-11/h6,8,10H,3-5,7H2,1-2H3,(H,17,18). The number of carboxylic acids is 1. The molecule has 1 fully saturated rings. The summed E-state index contributed by atoms with van der Waals surface area (Å²) in [7, 11) is 0. The summed E-state index contributed by atoms with van der Waals surface area (Å²) in [5.41, 5.74) is 1.02. The molecule has 1 atom stereocenters. The van der Waals surface area contributed by atoms with Gasteiger partial charge in [-0.05, 0) is 6.92 Å². The molecular formula is C13H18N2O3S2. The zero-order chi connectivity index (χ0) is 14.7. The van der Waals surface area contributed by atoms with Crippen LogP contribution in [0.4, 0.5) is 0 Å². The van der Waals surface area contributed by atoms with Crippen molar-refractivity contribution >= 4 is 35.0 Å². The highest BCUT2D eigenvalue weighted by Crippen LogP contribution is 2.25. The fourth-order valence-electron chi connectivity index (χ4n) is 2.04. The summed E-state index contributed by atoms with van der Waals surface area (Å²) in [4.78, 5) is 28.8. The largest absolute Gasteiger partial charge is 0.481 e. The number of hydrogen-bond acceptors (Lipinski definition) is 5. The molecule has 1 aliphatic rings. The van der Waals surface area contributed by atoms with E-state index in [1.54, 1.807) is 34.9 Å². The summed E-state index contributed by atoms with van der Waals surface area (Å²) in [6, 6.07) is 0. The molecule has 0 aromatic carbocycles. The number of nitrogens with zero attached hydrogens (tertiary/aromatic N) is 2. The van der Waals surface area contributed by atoms with Gasteiger partial charge in [0.2, 0.25) is 5.91 Å². The van der Waals surface area contributed by atoms with Gasteiger partial charge in [-0.25, -0.2) is 4.98 Å². The Bertz CT molecular complexity index is 498. The molecule has 7 heteroatoms. The fourth-order valence-corrected chi connectivity index (χ4v) is 3.58. The van der Waals surface area contributed by atoms with Gasteiger partial charge in [0.1, 0.15) is 0 Å². The molecule has 1 amide bonds. The highest BCUT2D eigenvalue weighted by Gasteiger charge is 2.36. The topological polar surface area (TPSA) is 70.5 Å². The number of amides is 1. The van der Waals surface area contributed by atoms with Crippen molar-refractivity contribution in [2.45, 2.75) is 19.6 Å². The summed E-state index contributed by atoms with van der Waals surface area (Å²) >= 11 is 3.17. The molecule has 0 aliphatic carbocycles. The number of aromatic nitrogens is 1. The number of carbonyl (C=O) groups is 2. The molecule has 2 rings (SSSR count). The molecule has 1 aromatic rings. The molecule has 1 saturated heterocycles. The minimum atomic E-state index is -0.782. The van der Waals surface area contributed by atoms with E-state index in [1.165, 1.54) is 0 Å². The highest BCUT2D eigenvalue weighted by molar-refractivity contribution is 7.99. The molecule has 5 nitrogen and oxygen atoms in total. The number of likely N-dealkylation sites (tertiary alicyclic amines) is 1. The van der Waals surface area contributed by atoms with Crippen molar-refractivity contribution in [3.63, 3.8) is 0 Å². The Kier molecular flexibility index (Phi) is 5.04. The van der Waals surface area contributed by atoms with E-state index in [0.717, 1.165) is 16.5 Å². The van der Waals surface area contributed by atoms with Gasteiger partial charge in [0, 0.05) is 30.1 Å². The minimum absolute atomic E-state index is 0.0933. The minimum Gasteiger partial charge on any atom is -0.481 e. The summed E-state index contributed by atoms with van der Waals surface area (Å²) in [6.45, 7) is 4.81. The SMILES string of the molecule is Cc1nc(CSCC(=O)N2CC(C(C)C(=O)O)C2)cs1. The second-order valence-corrected chi connectivity index (χ2v) is 7.08. The third-order valence-electron chi connectivity index (χ3n) is 3.50. The van der Waals surface area contributed by atoms with Crippen LogP contribution < -0.4 is 0 Å². The molecule has 0 saturated carbocycles. The van der Waals surface area contributed by atoms with Gasteiger partial charge < -0.3 is 10.0 Å². The predicted octanol–water partition coefficient (Wildman–Crippen LogP) is 1.86. The number of aryl methyl sites for hydroxylation is 1. The van der Waals surface area contributed by atoms with Crippen molar-refractivity contribution < 1.29 is 14.7 Å². The molecule has 0 radical (unpaired) electrons. The molecule has 1 aromatic heterocycles. The van der Waals surface area contributed by atoms with Crippen molar-refractivity contribution in [1.29, 1.82) is 0 Å². The lowest BCUT2D eigenvalue weighted by Gasteiger charge is -2.41. The van der Waals surface area contributed by atoms with Gasteiger partial charge in [-0.2, -0.15) is 0 Å². The lowest BCUT2D eigenvalue weighted by atomic mass is 9.87. The smallest absolute Gasteiger partial charge is 0.306 e. The summed E-state index contributed by atoms with van der Waals surface area (Å²) in [6.07, 6.45) is 0. The number of carboxylic acid groups (broad SMARTS) is 1. The molecule has 1 N–H and O–H groups in total. The van der Waals surface area contributed by atoms with Crippen LogP contribution in [0.3, 0.4) is 0 Å². The van der Waals surface area contributed by atoms with E-state index < -0.39 is 5.97 Å². The van der Waals surface area contributed by atoms with Gasteiger partial charge in [0.05, 0.1) is 22.4 Å². The lowest BCUT2D eigenvalue weighted by molar-refractivity contribution is -0.149. The number of thiazole rings is 1. The molecule has 0 bridgehead atoms. The molecule has 110 valence electrons. The van der Waals surface area contributed by atoms with Gasteiger partial charge in [-0.3, -0.25) is 9.59 Å². The van der Waals surface area contributed by atoms with Crippen LogP contribution in [-0.2, 0) is 15.3 Å². The van der Waals surface area contributed by atoms with E-state index in [-0.39, 0.29) is 17.7 Å². The zero-order valence-electron chi connectivity index (χ0n) is 11.5. The van der Waals surface area contributed by atoms with Crippen LogP contribution in [0.15, 0.2) is 5.38 Å². The molecule has 2 heterocycles. The Balaban J connectivity index is 1.66. The van der Waals surface area contributed by atoms with Crippen molar-refractivity contribution in [3.05, 3.63) is 16.1 Å². The molecule has 20 heavy (non-hydrogen) atoms. The average molecular weight is 314 g/mol. The van der Waals surface area contributed by atoms with Crippen LogP contribution >= 0.6 is 23.1 Å². The van der Waals surface area contributed by atoms with E-state index in [2.05, 4.69) is 4.98 Å². The van der Waals surface area contributed by atoms with Gasteiger partial charge >= 0.3 is 5.97 Å². The van der Waals surface area contributed by atoms with Crippen LogP contribution in [0.5, 0.6) is 0 Å². The number of aliphatic carboxylic acids is 1. The third kappa shape index (κ3) is 3.73. The first kappa shape index (κ1) is 15.3. The fraction of sp³-hybridized carbons (Fsp3) is 0.615. The number of hydrogen-bond donors (Lipinski definition) is 1. The Morgan fingerprint density at radius 2 is 2.30 bits per heavy atom. The average Bonchev–Trinajstić information content (AvgIpc) is 2.73.